The van der Waals surface area contributed by atoms with Crippen LogP contribution in [-0.4, -0.2) is 36.1 Å². The Morgan fingerprint density at radius 1 is 1.09 bits per heavy atom. The molecule has 4 heteroatoms. The van der Waals surface area contributed by atoms with Crippen molar-refractivity contribution in [2.45, 2.75) is 26.9 Å². The lowest BCUT2D eigenvalue weighted by molar-refractivity contribution is 0.105. The quantitative estimate of drug-likeness (QED) is 0.734. The van der Waals surface area contributed by atoms with Crippen LogP contribution in [-0.2, 0) is 0 Å². The van der Waals surface area contributed by atoms with E-state index in [-0.39, 0.29) is 6.61 Å². The van der Waals surface area contributed by atoms with E-state index in [1.54, 1.807) is 0 Å². The van der Waals surface area contributed by atoms with Crippen LogP contribution in [0.2, 0.25) is 0 Å². The van der Waals surface area contributed by atoms with Crippen LogP contribution < -0.4 is 10.1 Å². The maximum absolute atomic E-state index is 9.43. The molecule has 2 aromatic carbocycles. The summed E-state index contributed by atoms with van der Waals surface area (Å²) in [4.78, 5) is 0. The van der Waals surface area contributed by atoms with E-state index in [9.17, 15) is 5.11 Å². The highest BCUT2D eigenvalue weighted by atomic mass is 16.5. The number of rotatable bonds is 7. The van der Waals surface area contributed by atoms with Gasteiger partial charge in [-0.15, -0.1) is 0 Å². The Labute approximate surface area is 137 Å². The van der Waals surface area contributed by atoms with Crippen molar-refractivity contribution < 1.29 is 14.9 Å². The molecular formula is C19H25NO3. The van der Waals surface area contributed by atoms with Crippen molar-refractivity contribution in [1.82, 2.24) is 0 Å². The molecule has 2 rings (SSSR count). The van der Waals surface area contributed by atoms with Crippen molar-refractivity contribution in [3.05, 3.63) is 47.5 Å². The zero-order valence-corrected chi connectivity index (χ0v) is 14.0. The fourth-order valence-electron chi connectivity index (χ4n) is 2.60. The lowest BCUT2D eigenvalue weighted by Crippen LogP contribution is -2.22. The van der Waals surface area contributed by atoms with Crippen LogP contribution in [0, 0.1) is 13.8 Å². The van der Waals surface area contributed by atoms with Gasteiger partial charge in [0.1, 0.15) is 5.75 Å². The fraction of sp³-hybridized carbons (Fsp3) is 0.368. The molecule has 124 valence electrons. The number of nitrogens with one attached hydrogen (secondary N) is 1. The number of ether oxygens (including phenoxy) is 1. The minimum atomic E-state index is -0.756. The molecule has 0 fully saturated rings. The first-order chi connectivity index (χ1) is 11.0. The molecule has 1 atom stereocenters. The Hall–Kier alpha value is -2.04. The first-order valence-electron chi connectivity index (χ1n) is 7.92. The molecule has 23 heavy (non-hydrogen) atoms. The number of anilines is 1. The smallest absolute Gasteiger partial charge is 0.125 e. The average molecular weight is 315 g/mol. The van der Waals surface area contributed by atoms with Crippen LogP contribution in [0.4, 0.5) is 5.69 Å². The molecule has 0 aliphatic carbocycles. The SMILES string of the molecule is CCOc1c(C)cc(-c2cccc(NCC(O)CO)c2)cc1C. The van der Waals surface area contributed by atoms with E-state index < -0.39 is 6.10 Å². The number of aryl methyl sites for hydroxylation is 2. The zero-order valence-electron chi connectivity index (χ0n) is 14.0. The first-order valence-corrected chi connectivity index (χ1v) is 7.92. The Morgan fingerprint density at radius 2 is 1.78 bits per heavy atom. The first kappa shape index (κ1) is 17.3. The second kappa shape index (κ2) is 7.99. The van der Waals surface area contributed by atoms with Gasteiger partial charge in [0.25, 0.3) is 0 Å². The van der Waals surface area contributed by atoms with Crippen molar-refractivity contribution in [2.75, 3.05) is 25.1 Å². The predicted octanol–water partition coefficient (Wildman–Crippen LogP) is 3.13. The number of hydrogen-bond donors (Lipinski definition) is 3. The number of aliphatic hydroxyl groups excluding tert-OH is 2. The van der Waals surface area contributed by atoms with E-state index in [2.05, 4.69) is 37.4 Å². The highest BCUT2D eigenvalue weighted by Gasteiger charge is 2.08. The van der Waals surface area contributed by atoms with Gasteiger partial charge in [-0.05, 0) is 67.3 Å². The molecule has 0 radical (unpaired) electrons. The van der Waals surface area contributed by atoms with Gasteiger partial charge in [0.2, 0.25) is 0 Å². The van der Waals surface area contributed by atoms with Crippen molar-refractivity contribution in [1.29, 1.82) is 0 Å². The molecule has 4 nitrogen and oxygen atoms in total. The molecule has 1 unspecified atom stereocenters. The molecule has 0 aliphatic heterocycles. The van der Waals surface area contributed by atoms with Crippen LogP contribution in [0.3, 0.4) is 0 Å². The molecule has 3 N–H and O–H groups in total. The Morgan fingerprint density at radius 3 is 2.39 bits per heavy atom. The van der Waals surface area contributed by atoms with E-state index in [1.165, 1.54) is 0 Å². The lowest BCUT2D eigenvalue weighted by Gasteiger charge is -2.14. The van der Waals surface area contributed by atoms with Gasteiger partial charge in [0.15, 0.2) is 0 Å². The fourth-order valence-corrected chi connectivity index (χ4v) is 2.60. The Balaban J connectivity index is 2.25. The van der Waals surface area contributed by atoms with E-state index in [0.717, 1.165) is 33.7 Å². The van der Waals surface area contributed by atoms with Gasteiger partial charge in [-0.2, -0.15) is 0 Å². The molecule has 0 spiro atoms. The second-order valence-electron chi connectivity index (χ2n) is 5.67. The van der Waals surface area contributed by atoms with Gasteiger partial charge in [-0.25, -0.2) is 0 Å². The minimum absolute atomic E-state index is 0.246. The summed E-state index contributed by atoms with van der Waals surface area (Å²) in [5, 5.41) is 21.4. The monoisotopic (exact) mass is 315 g/mol. The van der Waals surface area contributed by atoms with Gasteiger partial charge < -0.3 is 20.3 Å². The molecular weight excluding hydrogens is 290 g/mol. The third-order valence-electron chi connectivity index (χ3n) is 3.70. The van der Waals surface area contributed by atoms with Crippen molar-refractivity contribution in [3.8, 4) is 16.9 Å². The summed E-state index contributed by atoms with van der Waals surface area (Å²) in [7, 11) is 0. The molecule has 0 saturated heterocycles. The van der Waals surface area contributed by atoms with E-state index in [4.69, 9.17) is 9.84 Å². The normalized spacial score (nSPS) is 12.0. The molecule has 0 aliphatic rings. The van der Waals surface area contributed by atoms with Crippen LogP contribution in [0.15, 0.2) is 36.4 Å². The molecule has 0 saturated carbocycles. The summed E-state index contributed by atoms with van der Waals surface area (Å²) in [6.45, 7) is 6.84. The van der Waals surface area contributed by atoms with E-state index >= 15 is 0 Å². The van der Waals surface area contributed by atoms with Gasteiger partial charge in [-0.1, -0.05) is 12.1 Å². The highest BCUT2D eigenvalue weighted by Crippen LogP contribution is 2.31. The highest BCUT2D eigenvalue weighted by molar-refractivity contribution is 5.70. The van der Waals surface area contributed by atoms with Gasteiger partial charge in [-0.3, -0.25) is 0 Å². The maximum Gasteiger partial charge on any atom is 0.125 e. The largest absolute Gasteiger partial charge is 0.493 e. The topological polar surface area (TPSA) is 61.7 Å². The summed E-state index contributed by atoms with van der Waals surface area (Å²) < 4.78 is 5.70. The molecule has 0 bridgehead atoms. The number of hydrogen-bond acceptors (Lipinski definition) is 4. The van der Waals surface area contributed by atoms with Crippen molar-refractivity contribution in [3.63, 3.8) is 0 Å². The Kier molecular flexibility index (Phi) is 6.02. The molecule has 2 aromatic rings. The van der Waals surface area contributed by atoms with Gasteiger partial charge in [0.05, 0.1) is 19.3 Å². The number of benzene rings is 2. The summed E-state index contributed by atoms with van der Waals surface area (Å²) in [6.07, 6.45) is -0.756. The van der Waals surface area contributed by atoms with Crippen LogP contribution in [0.25, 0.3) is 11.1 Å². The summed E-state index contributed by atoms with van der Waals surface area (Å²) in [6, 6.07) is 12.3. The molecule has 0 heterocycles. The van der Waals surface area contributed by atoms with Crippen molar-refractivity contribution in [2.24, 2.45) is 0 Å². The van der Waals surface area contributed by atoms with Crippen LogP contribution in [0.5, 0.6) is 5.75 Å². The van der Waals surface area contributed by atoms with Gasteiger partial charge in [0, 0.05) is 12.2 Å². The summed E-state index contributed by atoms with van der Waals surface area (Å²) in [5.74, 6) is 0.955. The standard InChI is InChI=1S/C19H25NO3/c1-4-23-19-13(2)8-16(9-14(19)3)15-6-5-7-17(10-15)20-11-18(22)12-21/h5-10,18,20-22H,4,11-12H2,1-3H3. The molecule has 0 aromatic heterocycles. The third-order valence-corrected chi connectivity index (χ3v) is 3.70. The third kappa shape index (κ3) is 4.47. The minimum Gasteiger partial charge on any atom is -0.493 e. The van der Waals surface area contributed by atoms with Crippen LogP contribution in [0.1, 0.15) is 18.1 Å². The Bertz CT molecular complexity index is 632. The second-order valence-corrected chi connectivity index (χ2v) is 5.67. The van der Waals surface area contributed by atoms with Crippen molar-refractivity contribution >= 4 is 5.69 Å². The van der Waals surface area contributed by atoms with Gasteiger partial charge >= 0.3 is 0 Å². The summed E-state index contributed by atoms with van der Waals surface area (Å²) in [5.41, 5.74) is 5.39. The van der Waals surface area contributed by atoms with E-state index in [1.807, 2.05) is 25.1 Å². The zero-order chi connectivity index (χ0) is 16.8. The lowest BCUT2D eigenvalue weighted by atomic mass is 9.99. The van der Waals surface area contributed by atoms with E-state index in [0.29, 0.717) is 13.2 Å². The summed E-state index contributed by atoms with van der Waals surface area (Å²) >= 11 is 0. The molecule has 0 amide bonds. The maximum atomic E-state index is 9.43. The average Bonchev–Trinajstić information content (AvgIpc) is 2.56. The predicted molar refractivity (Wildman–Crippen MR) is 94.1 cm³/mol. The van der Waals surface area contributed by atoms with Crippen LogP contribution >= 0.6 is 0 Å². The number of aliphatic hydroxyl groups is 2.